The maximum absolute atomic E-state index is 13.4. The number of nitrogens with zero attached hydrogens (tertiary/aromatic N) is 1. The standard InChI is InChI=1S/C12H14FNO4/c1-7(12(17)18)6-14(2)11(16)9-4-3-8(15)5-10(9)13/h3-5,7,15H,6H2,1-2H3,(H,17,18). The highest BCUT2D eigenvalue weighted by Gasteiger charge is 2.20. The molecule has 1 rings (SSSR count). The molecule has 98 valence electrons. The average Bonchev–Trinajstić information content (AvgIpc) is 2.27. The fourth-order valence-corrected chi connectivity index (χ4v) is 1.45. The number of benzene rings is 1. The number of phenolic OH excluding ortho intramolecular Hbond substituents is 1. The van der Waals surface area contributed by atoms with Crippen LogP contribution < -0.4 is 0 Å². The number of carboxylic acids is 1. The van der Waals surface area contributed by atoms with Crippen molar-refractivity contribution >= 4 is 11.9 Å². The van der Waals surface area contributed by atoms with Crippen molar-refractivity contribution in [2.24, 2.45) is 5.92 Å². The highest BCUT2D eigenvalue weighted by Crippen LogP contribution is 2.16. The number of halogens is 1. The highest BCUT2D eigenvalue weighted by atomic mass is 19.1. The number of carbonyl (C=O) groups excluding carboxylic acids is 1. The summed E-state index contributed by atoms with van der Waals surface area (Å²) in [5.74, 6) is -3.50. The Morgan fingerprint density at radius 1 is 1.44 bits per heavy atom. The van der Waals surface area contributed by atoms with Gasteiger partial charge in [-0.15, -0.1) is 0 Å². The lowest BCUT2D eigenvalue weighted by atomic mass is 10.1. The van der Waals surface area contributed by atoms with Gasteiger partial charge in [0.1, 0.15) is 11.6 Å². The molecule has 1 unspecified atom stereocenters. The fourth-order valence-electron chi connectivity index (χ4n) is 1.45. The van der Waals surface area contributed by atoms with Gasteiger partial charge in [0, 0.05) is 19.7 Å². The monoisotopic (exact) mass is 255 g/mol. The Bertz CT molecular complexity index is 475. The Kier molecular flexibility index (Phi) is 4.25. The van der Waals surface area contributed by atoms with Crippen molar-refractivity contribution in [2.45, 2.75) is 6.92 Å². The molecule has 0 heterocycles. The number of hydrogen-bond donors (Lipinski definition) is 2. The Labute approximate surface area is 103 Å². The molecular weight excluding hydrogens is 241 g/mol. The molecule has 0 aliphatic carbocycles. The van der Waals surface area contributed by atoms with E-state index < -0.39 is 23.6 Å². The van der Waals surface area contributed by atoms with Crippen molar-refractivity contribution in [3.05, 3.63) is 29.6 Å². The summed E-state index contributed by atoms with van der Waals surface area (Å²) in [7, 11) is 1.40. The molecule has 0 aliphatic heterocycles. The molecule has 1 aromatic carbocycles. The second-order valence-electron chi connectivity index (χ2n) is 4.09. The van der Waals surface area contributed by atoms with Crippen LogP contribution in [0.2, 0.25) is 0 Å². The molecule has 0 fully saturated rings. The maximum Gasteiger partial charge on any atom is 0.308 e. The van der Waals surface area contributed by atoms with Gasteiger partial charge in [0.25, 0.3) is 5.91 Å². The van der Waals surface area contributed by atoms with Gasteiger partial charge < -0.3 is 15.1 Å². The molecule has 2 N–H and O–H groups in total. The van der Waals surface area contributed by atoms with E-state index in [0.717, 1.165) is 17.0 Å². The summed E-state index contributed by atoms with van der Waals surface area (Å²) >= 11 is 0. The van der Waals surface area contributed by atoms with Gasteiger partial charge >= 0.3 is 5.97 Å². The first-order chi connectivity index (χ1) is 8.32. The molecule has 1 aromatic rings. The molecule has 0 saturated heterocycles. The van der Waals surface area contributed by atoms with Crippen molar-refractivity contribution in [3.8, 4) is 5.75 Å². The van der Waals surface area contributed by atoms with E-state index in [0.29, 0.717) is 0 Å². The summed E-state index contributed by atoms with van der Waals surface area (Å²) in [5, 5.41) is 17.8. The molecule has 18 heavy (non-hydrogen) atoms. The Balaban J connectivity index is 2.83. The molecule has 0 radical (unpaired) electrons. The van der Waals surface area contributed by atoms with Gasteiger partial charge in [-0.1, -0.05) is 6.92 Å². The number of phenols is 1. The lowest BCUT2D eigenvalue weighted by Gasteiger charge is -2.19. The fraction of sp³-hybridized carbons (Fsp3) is 0.333. The van der Waals surface area contributed by atoms with Gasteiger partial charge in [-0.2, -0.15) is 0 Å². The lowest BCUT2D eigenvalue weighted by Crippen LogP contribution is -2.34. The zero-order valence-electron chi connectivity index (χ0n) is 10.1. The number of aromatic hydroxyl groups is 1. The minimum Gasteiger partial charge on any atom is -0.508 e. The molecule has 0 saturated carbocycles. The predicted molar refractivity (Wildman–Crippen MR) is 61.8 cm³/mol. The van der Waals surface area contributed by atoms with Crippen LogP contribution in [0.5, 0.6) is 5.75 Å². The van der Waals surface area contributed by atoms with Crippen molar-refractivity contribution in [3.63, 3.8) is 0 Å². The number of carboxylic acid groups (broad SMARTS) is 1. The first-order valence-electron chi connectivity index (χ1n) is 5.29. The largest absolute Gasteiger partial charge is 0.508 e. The number of amides is 1. The first-order valence-corrected chi connectivity index (χ1v) is 5.29. The van der Waals surface area contributed by atoms with E-state index in [1.165, 1.54) is 20.0 Å². The molecule has 1 amide bonds. The van der Waals surface area contributed by atoms with E-state index in [1.807, 2.05) is 0 Å². The molecule has 5 nitrogen and oxygen atoms in total. The summed E-state index contributed by atoms with van der Waals surface area (Å²) in [5.41, 5.74) is -0.201. The summed E-state index contributed by atoms with van der Waals surface area (Å²) < 4.78 is 13.4. The lowest BCUT2D eigenvalue weighted by molar-refractivity contribution is -0.141. The number of hydrogen-bond acceptors (Lipinski definition) is 3. The van der Waals surface area contributed by atoms with Crippen LogP contribution in [0.15, 0.2) is 18.2 Å². The number of rotatable bonds is 4. The minimum atomic E-state index is -1.03. The van der Waals surface area contributed by atoms with Gasteiger partial charge in [-0.05, 0) is 12.1 Å². The van der Waals surface area contributed by atoms with E-state index >= 15 is 0 Å². The van der Waals surface area contributed by atoms with Crippen LogP contribution in [0.1, 0.15) is 17.3 Å². The third-order valence-electron chi connectivity index (χ3n) is 2.50. The quantitative estimate of drug-likeness (QED) is 0.850. The summed E-state index contributed by atoms with van der Waals surface area (Å²) in [6.45, 7) is 1.44. The topological polar surface area (TPSA) is 77.8 Å². The zero-order chi connectivity index (χ0) is 13.9. The van der Waals surface area contributed by atoms with Crippen molar-refractivity contribution < 1.29 is 24.2 Å². The zero-order valence-corrected chi connectivity index (χ0v) is 10.1. The number of carbonyl (C=O) groups is 2. The molecular formula is C12H14FNO4. The van der Waals surface area contributed by atoms with Gasteiger partial charge in [0.15, 0.2) is 0 Å². The molecule has 0 aliphatic rings. The molecule has 0 aromatic heterocycles. The molecule has 6 heteroatoms. The van der Waals surface area contributed by atoms with Crippen molar-refractivity contribution in [1.29, 1.82) is 0 Å². The van der Waals surface area contributed by atoms with Gasteiger partial charge in [0.2, 0.25) is 0 Å². The third kappa shape index (κ3) is 3.19. The second kappa shape index (κ2) is 5.48. The Morgan fingerprint density at radius 3 is 2.56 bits per heavy atom. The van der Waals surface area contributed by atoms with E-state index in [1.54, 1.807) is 0 Å². The van der Waals surface area contributed by atoms with Crippen LogP contribution in [0.3, 0.4) is 0 Å². The van der Waals surface area contributed by atoms with Gasteiger partial charge in [0.05, 0.1) is 11.5 Å². The molecule has 0 bridgehead atoms. The molecule has 1 atom stereocenters. The number of aliphatic carboxylic acids is 1. The van der Waals surface area contributed by atoms with Crippen LogP contribution in [0, 0.1) is 11.7 Å². The van der Waals surface area contributed by atoms with E-state index in [2.05, 4.69) is 0 Å². The third-order valence-corrected chi connectivity index (χ3v) is 2.50. The smallest absolute Gasteiger partial charge is 0.308 e. The summed E-state index contributed by atoms with van der Waals surface area (Å²) in [4.78, 5) is 23.6. The van der Waals surface area contributed by atoms with Crippen LogP contribution in [0.4, 0.5) is 4.39 Å². The van der Waals surface area contributed by atoms with Gasteiger partial charge in [-0.25, -0.2) is 4.39 Å². The normalized spacial score (nSPS) is 11.9. The maximum atomic E-state index is 13.4. The van der Waals surface area contributed by atoms with E-state index in [-0.39, 0.29) is 17.9 Å². The average molecular weight is 255 g/mol. The Hall–Kier alpha value is -2.11. The van der Waals surface area contributed by atoms with Gasteiger partial charge in [-0.3, -0.25) is 9.59 Å². The van der Waals surface area contributed by atoms with E-state index in [4.69, 9.17) is 10.2 Å². The van der Waals surface area contributed by atoms with Crippen LogP contribution >= 0.6 is 0 Å². The van der Waals surface area contributed by atoms with Crippen molar-refractivity contribution in [1.82, 2.24) is 4.90 Å². The second-order valence-corrected chi connectivity index (χ2v) is 4.09. The van der Waals surface area contributed by atoms with E-state index in [9.17, 15) is 14.0 Å². The van der Waals surface area contributed by atoms with Crippen LogP contribution in [0.25, 0.3) is 0 Å². The first kappa shape index (κ1) is 14.0. The van der Waals surface area contributed by atoms with Crippen molar-refractivity contribution in [2.75, 3.05) is 13.6 Å². The predicted octanol–water partition coefficient (Wildman–Crippen LogP) is 1.32. The van der Waals surface area contributed by atoms with Crippen LogP contribution in [-0.2, 0) is 4.79 Å². The summed E-state index contributed by atoms with van der Waals surface area (Å²) in [6, 6.07) is 3.20. The molecule has 0 spiro atoms. The van der Waals surface area contributed by atoms with Crippen LogP contribution in [-0.4, -0.2) is 40.6 Å². The highest BCUT2D eigenvalue weighted by molar-refractivity contribution is 5.94. The SMILES string of the molecule is CC(CN(C)C(=O)c1ccc(O)cc1F)C(=O)O. The Morgan fingerprint density at radius 2 is 2.06 bits per heavy atom. The summed E-state index contributed by atoms with van der Waals surface area (Å²) in [6.07, 6.45) is 0. The minimum absolute atomic E-state index is 0.0194.